The smallest absolute Gasteiger partial charge is 0.318 e. The number of carbonyl (C=O) groups is 2. The predicted molar refractivity (Wildman–Crippen MR) is 98.1 cm³/mol. The van der Waals surface area contributed by atoms with Crippen LogP contribution in [0, 0.1) is 5.82 Å². The van der Waals surface area contributed by atoms with Gasteiger partial charge in [-0.2, -0.15) is 5.10 Å². The first-order valence-corrected chi connectivity index (χ1v) is 9.30. The van der Waals surface area contributed by atoms with Gasteiger partial charge in [0.2, 0.25) is 0 Å². The summed E-state index contributed by atoms with van der Waals surface area (Å²) in [5, 5.41) is 7.07. The van der Waals surface area contributed by atoms with E-state index in [2.05, 4.69) is 10.4 Å². The first kappa shape index (κ1) is 19.6. The maximum Gasteiger partial charge on any atom is 0.318 e. The van der Waals surface area contributed by atoms with Crippen LogP contribution in [0.2, 0.25) is 5.02 Å². The molecule has 0 spiro atoms. The highest BCUT2D eigenvalue weighted by Gasteiger charge is 2.46. The number of urea groups is 1. The summed E-state index contributed by atoms with van der Waals surface area (Å²) in [6.07, 6.45) is -0.775. The van der Waals surface area contributed by atoms with Crippen LogP contribution in [0.15, 0.2) is 18.2 Å². The summed E-state index contributed by atoms with van der Waals surface area (Å²) in [4.78, 5) is 26.0. The highest BCUT2D eigenvalue weighted by molar-refractivity contribution is 6.30. The second kappa shape index (κ2) is 6.94. The minimum absolute atomic E-state index is 0.0171. The fourth-order valence-electron chi connectivity index (χ4n) is 3.67. The number of fused-ring (bicyclic) bond motifs is 1. The van der Waals surface area contributed by atoms with Crippen molar-refractivity contribution < 1.29 is 22.8 Å². The molecule has 3 amide bonds. The molecule has 2 aliphatic rings. The highest BCUT2D eigenvalue weighted by atomic mass is 35.5. The molecule has 1 aliphatic heterocycles. The molecule has 0 unspecified atom stereocenters. The van der Waals surface area contributed by atoms with Crippen LogP contribution < -0.4 is 11.1 Å². The van der Waals surface area contributed by atoms with E-state index in [9.17, 15) is 22.8 Å². The van der Waals surface area contributed by atoms with E-state index in [0.29, 0.717) is 11.3 Å². The maximum absolute atomic E-state index is 13.8. The van der Waals surface area contributed by atoms with Gasteiger partial charge in [-0.25, -0.2) is 18.0 Å². The highest BCUT2D eigenvalue weighted by Crippen LogP contribution is 2.37. The molecule has 0 bridgehead atoms. The number of aromatic nitrogens is 2. The molecule has 7 nitrogen and oxygen atoms in total. The van der Waals surface area contributed by atoms with E-state index in [1.165, 1.54) is 21.7 Å². The Kier molecular flexibility index (Phi) is 4.68. The molecule has 154 valence electrons. The summed E-state index contributed by atoms with van der Waals surface area (Å²) >= 11 is 5.91. The summed E-state index contributed by atoms with van der Waals surface area (Å²) in [7, 11) is 0. The largest absolute Gasteiger partial charge is 0.365 e. The monoisotopic (exact) mass is 427 g/mol. The zero-order chi connectivity index (χ0) is 20.9. The zero-order valence-corrected chi connectivity index (χ0v) is 15.8. The van der Waals surface area contributed by atoms with Gasteiger partial charge in [0.05, 0.1) is 24.3 Å². The molecule has 1 aromatic heterocycles. The Morgan fingerprint density at radius 3 is 2.59 bits per heavy atom. The minimum atomic E-state index is -2.74. The Labute approximate surface area is 168 Å². The Morgan fingerprint density at radius 1 is 1.24 bits per heavy atom. The molecule has 1 aliphatic carbocycles. The van der Waals surface area contributed by atoms with E-state index in [0.717, 1.165) is 6.07 Å². The van der Waals surface area contributed by atoms with Gasteiger partial charge in [-0.15, -0.1) is 0 Å². The Bertz CT molecular complexity index is 981. The quantitative estimate of drug-likeness (QED) is 0.788. The van der Waals surface area contributed by atoms with Gasteiger partial charge in [-0.1, -0.05) is 11.6 Å². The summed E-state index contributed by atoms with van der Waals surface area (Å²) in [6, 6.07) is 2.70. The lowest BCUT2D eigenvalue weighted by Crippen LogP contribution is -2.55. The Morgan fingerprint density at radius 2 is 1.97 bits per heavy atom. The van der Waals surface area contributed by atoms with Gasteiger partial charge in [0.15, 0.2) is 0 Å². The van der Waals surface area contributed by atoms with E-state index in [-0.39, 0.29) is 48.8 Å². The zero-order valence-electron chi connectivity index (χ0n) is 15.1. The number of nitrogens with one attached hydrogen (secondary N) is 1. The SMILES string of the molecule is NC(=O)c1c(-c2cc(F)cc(Cl)c2)nn2c1CN(C(=O)NC1CC(F)(F)C1)CC2. The van der Waals surface area contributed by atoms with E-state index >= 15 is 0 Å². The molecule has 2 heterocycles. The van der Waals surface area contributed by atoms with Gasteiger partial charge in [-0.3, -0.25) is 9.48 Å². The van der Waals surface area contributed by atoms with Crippen LogP contribution >= 0.6 is 11.6 Å². The van der Waals surface area contributed by atoms with Crippen molar-refractivity contribution in [2.45, 2.75) is 37.9 Å². The topological polar surface area (TPSA) is 93.2 Å². The summed E-state index contributed by atoms with van der Waals surface area (Å²) in [5.74, 6) is -4.10. The van der Waals surface area contributed by atoms with Gasteiger partial charge < -0.3 is 16.0 Å². The first-order valence-electron chi connectivity index (χ1n) is 8.92. The summed E-state index contributed by atoms with van der Waals surface area (Å²) < 4.78 is 41.3. The van der Waals surface area contributed by atoms with E-state index in [1.807, 2.05) is 0 Å². The molecule has 29 heavy (non-hydrogen) atoms. The van der Waals surface area contributed by atoms with Crippen molar-refractivity contribution >= 4 is 23.5 Å². The van der Waals surface area contributed by atoms with Crippen LogP contribution in [0.3, 0.4) is 0 Å². The number of alkyl halides is 2. The lowest BCUT2D eigenvalue weighted by atomic mass is 9.88. The average Bonchev–Trinajstić information content (AvgIpc) is 2.98. The lowest BCUT2D eigenvalue weighted by Gasteiger charge is -2.37. The second-order valence-corrected chi connectivity index (χ2v) is 7.68. The molecule has 0 radical (unpaired) electrons. The fraction of sp³-hybridized carbons (Fsp3) is 0.389. The van der Waals surface area contributed by atoms with Crippen molar-refractivity contribution in [1.29, 1.82) is 0 Å². The van der Waals surface area contributed by atoms with Crippen molar-refractivity contribution in [3.63, 3.8) is 0 Å². The molecular formula is C18H17ClF3N5O2. The molecule has 2 aromatic rings. The third-order valence-corrected chi connectivity index (χ3v) is 5.29. The van der Waals surface area contributed by atoms with E-state index < -0.39 is 29.7 Å². The molecule has 1 saturated carbocycles. The Balaban J connectivity index is 1.60. The number of hydrogen-bond acceptors (Lipinski definition) is 3. The first-order chi connectivity index (χ1) is 13.6. The van der Waals surface area contributed by atoms with Crippen LogP contribution in [0.5, 0.6) is 0 Å². The van der Waals surface area contributed by atoms with Crippen LogP contribution in [-0.2, 0) is 13.1 Å². The molecule has 1 aromatic carbocycles. The van der Waals surface area contributed by atoms with Gasteiger partial charge in [0, 0.05) is 36.0 Å². The normalized spacial score (nSPS) is 18.1. The number of nitrogens with two attached hydrogens (primary N) is 1. The summed E-state index contributed by atoms with van der Waals surface area (Å²) in [5.41, 5.74) is 6.47. The number of halogens is 4. The number of nitrogens with zero attached hydrogens (tertiary/aromatic N) is 3. The molecule has 0 atom stereocenters. The number of benzene rings is 1. The van der Waals surface area contributed by atoms with Gasteiger partial charge in [-0.05, 0) is 18.2 Å². The van der Waals surface area contributed by atoms with Gasteiger partial charge in [0.25, 0.3) is 11.8 Å². The van der Waals surface area contributed by atoms with Crippen LogP contribution in [0.4, 0.5) is 18.0 Å². The van der Waals surface area contributed by atoms with Gasteiger partial charge in [0.1, 0.15) is 11.5 Å². The number of carbonyl (C=O) groups excluding carboxylic acids is 2. The molecule has 0 saturated heterocycles. The third kappa shape index (κ3) is 3.76. The lowest BCUT2D eigenvalue weighted by molar-refractivity contribution is -0.0903. The molecule has 1 fully saturated rings. The maximum atomic E-state index is 13.8. The van der Waals surface area contributed by atoms with E-state index in [1.54, 1.807) is 0 Å². The molecule has 3 N–H and O–H groups in total. The molecule has 11 heteroatoms. The second-order valence-electron chi connectivity index (χ2n) is 7.25. The number of rotatable bonds is 3. The minimum Gasteiger partial charge on any atom is -0.365 e. The van der Waals surface area contributed by atoms with Crippen molar-refractivity contribution in [1.82, 2.24) is 20.0 Å². The predicted octanol–water partition coefficient (Wildman–Crippen LogP) is 2.76. The van der Waals surface area contributed by atoms with Crippen LogP contribution in [-0.4, -0.2) is 45.1 Å². The van der Waals surface area contributed by atoms with Crippen LogP contribution in [0.1, 0.15) is 28.9 Å². The number of amides is 3. The average molecular weight is 428 g/mol. The van der Waals surface area contributed by atoms with Crippen molar-refractivity contribution in [3.05, 3.63) is 40.3 Å². The van der Waals surface area contributed by atoms with Crippen molar-refractivity contribution in [2.24, 2.45) is 5.73 Å². The van der Waals surface area contributed by atoms with Crippen molar-refractivity contribution in [3.8, 4) is 11.3 Å². The molecular weight excluding hydrogens is 411 g/mol. The number of hydrogen-bond donors (Lipinski definition) is 2. The molecule has 4 rings (SSSR count). The standard InChI is InChI=1S/C18H17ClF3N5O2/c19-10-3-9(4-11(20)5-10)15-14(16(23)28)13-8-26(1-2-27(13)25-15)17(29)24-12-6-18(21,22)7-12/h3-5,12H,1-2,6-8H2,(H2,23,28)(H,24,29). The Hall–Kier alpha value is -2.75. The van der Waals surface area contributed by atoms with Gasteiger partial charge >= 0.3 is 6.03 Å². The van der Waals surface area contributed by atoms with Crippen LogP contribution in [0.25, 0.3) is 11.3 Å². The fourth-order valence-corrected chi connectivity index (χ4v) is 3.89. The third-order valence-electron chi connectivity index (χ3n) is 5.07. The van der Waals surface area contributed by atoms with Crippen molar-refractivity contribution in [2.75, 3.05) is 6.54 Å². The summed E-state index contributed by atoms with van der Waals surface area (Å²) in [6.45, 7) is 0.557. The van der Waals surface area contributed by atoms with E-state index in [4.69, 9.17) is 17.3 Å². The number of primary amides is 1.